The van der Waals surface area contributed by atoms with Gasteiger partial charge in [0, 0.05) is 7.11 Å². The maximum atomic E-state index is 13.5. The van der Waals surface area contributed by atoms with Gasteiger partial charge in [0.15, 0.2) is 11.6 Å². The molecule has 0 fully saturated rings. The zero-order chi connectivity index (χ0) is 13.5. The van der Waals surface area contributed by atoms with Crippen molar-refractivity contribution in [3.63, 3.8) is 0 Å². The van der Waals surface area contributed by atoms with E-state index in [2.05, 4.69) is 0 Å². The van der Waals surface area contributed by atoms with Crippen LogP contribution >= 0.6 is 0 Å². The van der Waals surface area contributed by atoms with E-state index in [9.17, 15) is 9.18 Å². The summed E-state index contributed by atoms with van der Waals surface area (Å²) < 4.78 is 23.4. The molecule has 7 heteroatoms. The quantitative estimate of drug-likeness (QED) is 0.440. The zero-order valence-corrected chi connectivity index (χ0v) is 9.64. The first-order chi connectivity index (χ1) is 8.62. The molecular weight excluding hydrogens is 241 g/mol. The fourth-order valence-corrected chi connectivity index (χ4v) is 1.23. The highest BCUT2D eigenvalue weighted by Crippen LogP contribution is 2.19. The lowest BCUT2D eigenvalue weighted by Gasteiger charge is -2.16. The summed E-state index contributed by atoms with van der Waals surface area (Å²) in [6.45, 7) is -0.0809. The number of nitrogens with zero attached hydrogens (tertiary/aromatic N) is 1. The highest BCUT2D eigenvalue weighted by molar-refractivity contribution is 5.80. The molecule has 0 saturated carbocycles. The van der Waals surface area contributed by atoms with Crippen molar-refractivity contribution in [3.8, 4) is 11.8 Å². The number of hydrogen-bond acceptors (Lipinski definition) is 5. The molecule has 1 aromatic carbocycles. The van der Waals surface area contributed by atoms with Gasteiger partial charge in [-0.15, -0.1) is 0 Å². The molecule has 1 rings (SSSR count). The molecule has 0 aliphatic rings. The van der Waals surface area contributed by atoms with Gasteiger partial charge in [-0.05, 0) is 18.2 Å². The van der Waals surface area contributed by atoms with Crippen molar-refractivity contribution in [2.24, 2.45) is 5.84 Å². The first kappa shape index (κ1) is 13.9. The largest absolute Gasteiger partial charge is 0.475 e. The van der Waals surface area contributed by atoms with E-state index in [0.717, 1.165) is 6.07 Å². The minimum atomic E-state index is -1.07. The molecule has 0 aliphatic heterocycles. The molecule has 0 spiro atoms. The van der Waals surface area contributed by atoms with Gasteiger partial charge in [0.05, 0.1) is 18.2 Å². The van der Waals surface area contributed by atoms with Crippen LogP contribution in [0.5, 0.6) is 5.75 Å². The number of methoxy groups -OCH3 is 1. The highest BCUT2D eigenvalue weighted by atomic mass is 19.1. The number of carbonyl (C=O) groups is 1. The van der Waals surface area contributed by atoms with Gasteiger partial charge in [0.25, 0.3) is 5.91 Å². The van der Waals surface area contributed by atoms with Crippen molar-refractivity contribution in [1.82, 2.24) is 5.43 Å². The van der Waals surface area contributed by atoms with Crippen molar-refractivity contribution in [1.29, 1.82) is 5.26 Å². The van der Waals surface area contributed by atoms with Crippen molar-refractivity contribution in [2.45, 2.75) is 6.10 Å². The van der Waals surface area contributed by atoms with E-state index < -0.39 is 17.8 Å². The van der Waals surface area contributed by atoms with Crippen LogP contribution in [0.3, 0.4) is 0 Å². The smallest absolute Gasteiger partial charge is 0.277 e. The van der Waals surface area contributed by atoms with Crippen LogP contribution in [0.4, 0.5) is 4.39 Å². The molecule has 18 heavy (non-hydrogen) atoms. The van der Waals surface area contributed by atoms with Gasteiger partial charge in [-0.2, -0.15) is 5.26 Å². The van der Waals surface area contributed by atoms with Crippen LogP contribution in [0.25, 0.3) is 0 Å². The van der Waals surface area contributed by atoms with Gasteiger partial charge in [0.1, 0.15) is 0 Å². The monoisotopic (exact) mass is 253 g/mol. The Morgan fingerprint density at radius 1 is 1.67 bits per heavy atom. The standard InChI is InChI=1S/C11H12FN3O3/c1-17-6-10(11(16)15-14)18-9-3-2-7(5-13)4-8(9)12/h2-4,10H,6,14H2,1H3,(H,15,16). The SMILES string of the molecule is COCC(Oc1ccc(C#N)cc1F)C(=O)NN. The van der Waals surface area contributed by atoms with E-state index in [1.807, 2.05) is 5.43 Å². The number of hydrazine groups is 1. The van der Waals surface area contributed by atoms with Crippen LogP contribution < -0.4 is 16.0 Å². The number of hydrogen-bond donors (Lipinski definition) is 2. The normalized spacial score (nSPS) is 11.4. The molecule has 6 nitrogen and oxygen atoms in total. The maximum Gasteiger partial charge on any atom is 0.277 e. The van der Waals surface area contributed by atoms with E-state index in [0.29, 0.717) is 0 Å². The van der Waals surface area contributed by atoms with Crippen molar-refractivity contribution < 1.29 is 18.7 Å². The summed E-state index contributed by atoms with van der Waals surface area (Å²) in [5.74, 6) is 3.44. The summed E-state index contributed by atoms with van der Waals surface area (Å²) in [4.78, 5) is 11.3. The fraction of sp³-hybridized carbons (Fsp3) is 0.273. The third-order valence-electron chi connectivity index (χ3n) is 2.08. The first-order valence-corrected chi connectivity index (χ1v) is 4.98. The number of ether oxygens (including phenoxy) is 2. The van der Waals surface area contributed by atoms with Gasteiger partial charge in [-0.3, -0.25) is 10.2 Å². The summed E-state index contributed by atoms with van der Waals surface area (Å²) in [7, 11) is 1.37. The number of amides is 1. The Bertz CT molecular complexity index is 473. The van der Waals surface area contributed by atoms with Gasteiger partial charge in [0.2, 0.25) is 6.10 Å². The van der Waals surface area contributed by atoms with Gasteiger partial charge in [-0.1, -0.05) is 0 Å². The lowest BCUT2D eigenvalue weighted by atomic mass is 10.2. The highest BCUT2D eigenvalue weighted by Gasteiger charge is 2.21. The summed E-state index contributed by atoms with van der Waals surface area (Å²) in [6, 6.07) is 5.44. The summed E-state index contributed by atoms with van der Waals surface area (Å²) in [6.07, 6.45) is -1.07. The van der Waals surface area contributed by atoms with Crippen LogP contribution in [0.1, 0.15) is 5.56 Å². The lowest BCUT2D eigenvalue weighted by molar-refractivity contribution is -0.130. The molecule has 1 aromatic rings. The van der Waals surface area contributed by atoms with E-state index in [-0.39, 0.29) is 17.9 Å². The average Bonchev–Trinajstić information content (AvgIpc) is 2.39. The Labute approximate surface area is 103 Å². The summed E-state index contributed by atoms with van der Waals surface area (Å²) in [5, 5.41) is 8.59. The van der Waals surface area contributed by atoms with Crippen LogP contribution in [0.15, 0.2) is 18.2 Å². The Hall–Kier alpha value is -2.17. The molecule has 1 amide bonds. The molecule has 0 heterocycles. The average molecular weight is 253 g/mol. The molecule has 96 valence electrons. The van der Waals surface area contributed by atoms with Crippen LogP contribution in [-0.4, -0.2) is 25.7 Å². The molecular formula is C11H12FN3O3. The third kappa shape index (κ3) is 3.41. The number of carbonyl (C=O) groups excluding carboxylic acids is 1. The molecule has 0 radical (unpaired) electrons. The van der Waals surface area contributed by atoms with Crippen LogP contribution in [0.2, 0.25) is 0 Å². The predicted octanol–water partition coefficient (Wildman–Crippen LogP) is 0.0811. The molecule has 0 aromatic heterocycles. The minimum Gasteiger partial charge on any atom is -0.475 e. The van der Waals surface area contributed by atoms with Gasteiger partial charge in [-0.25, -0.2) is 10.2 Å². The molecule has 0 aliphatic carbocycles. The minimum absolute atomic E-state index is 0.0809. The Morgan fingerprint density at radius 3 is 2.89 bits per heavy atom. The van der Waals surface area contributed by atoms with Crippen molar-refractivity contribution in [2.75, 3.05) is 13.7 Å². The first-order valence-electron chi connectivity index (χ1n) is 4.98. The number of benzene rings is 1. The Kier molecular flexibility index (Phi) is 5.05. The second-order valence-electron chi connectivity index (χ2n) is 3.33. The molecule has 1 atom stereocenters. The van der Waals surface area contributed by atoms with Gasteiger partial charge < -0.3 is 9.47 Å². The van der Waals surface area contributed by atoms with E-state index in [4.69, 9.17) is 20.6 Å². The number of nitrogens with two attached hydrogens (primary N) is 1. The second kappa shape index (κ2) is 6.54. The molecule has 0 bridgehead atoms. The second-order valence-corrected chi connectivity index (χ2v) is 3.33. The summed E-state index contributed by atoms with van der Waals surface area (Å²) >= 11 is 0. The molecule has 0 saturated heterocycles. The number of nitriles is 1. The van der Waals surface area contributed by atoms with Crippen LogP contribution in [-0.2, 0) is 9.53 Å². The van der Waals surface area contributed by atoms with Crippen molar-refractivity contribution in [3.05, 3.63) is 29.6 Å². The zero-order valence-electron chi connectivity index (χ0n) is 9.64. The van der Waals surface area contributed by atoms with Gasteiger partial charge >= 0.3 is 0 Å². The Morgan fingerprint density at radius 2 is 2.39 bits per heavy atom. The van der Waals surface area contributed by atoms with Crippen LogP contribution in [0, 0.1) is 17.1 Å². The third-order valence-corrected chi connectivity index (χ3v) is 2.08. The van der Waals surface area contributed by atoms with E-state index in [1.165, 1.54) is 19.2 Å². The maximum absolute atomic E-state index is 13.5. The Balaban J connectivity index is 2.87. The number of halogens is 1. The molecule has 3 N–H and O–H groups in total. The molecule has 1 unspecified atom stereocenters. The van der Waals surface area contributed by atoms with E-state index in [1.54, 1.807) is 6.07 Å². The fourth-order valence-electron chi connectivity index (χ4n) is 1.23. The topological polar surface area (TPSA) is 97.4 Å². The van der Waals surface area contributed by atoms with E-state index >= 15 is 0 Å². The lowest BCUT2D eigenvalue weighted by Crippen LogP contribution is -2.44. The van der Waals surface area contributed by atoms with Crippen molar-refractivity contribution >= 4 is 5.91 Å². The number of rotatable bonds is 5. The predicted molar refractivity (Wildman–Crippen MR) is 59.7 cm³/mol. The number of nitrogens with one attached hydrogen (secondary N) is 1. The summed E-state index contributed by atoms with van der Waals surface area (Å²) in [5.41, 5.74) is 2.05.